The van der Waals surface area contributed by atoms with Crippen LogP contribution in [0, 0.1) is 6.92 Å². The van der Waals surface area contributed by atoms with Gasteiger partial charge in [0.2, 0.25) is 0 Å². The first-order valence-corrected chi connectivity index (χ1v) is 5.49. The van der Waals surface area contributed by atoms with Crippen LogP contribution in [0.4, 0.5) is 0 Å². The van der Waals surface area contributed by atoms with E-state index >= 15 is 0 Å². The first-order chi connectivity index (χ1) is 8.16. The van der Waals surface area contributed by atoms with Crippen LogP contribution in [0.25, 0.3) is 0 Å². The number of hydrogen-bond donors (Lipinski definition) is 1. The summed E-state index contributed by atoms with van der Waals surface area (Å²) < 4.78 is 0. The molecule has 0 bridgehead atoms. The molecule has 0 amide bonds. The molecule has 0 fully saturated rings. The molecule has 0 saturated carbocycles. The van der Waals surface area contributed by atoms with Crippen molar-refractivity contribution in [2.24, 2.45) is 0 Å². The third kappa shape index (κ3) is 2.76. The quantitative estimate of drug-likeness (QED) is 0.821. The molecule has 2 aromatic rings. The molecule has 2 rings (SSSR count). The van der Waals surface area contributed by atoms with Gasteiger partial charge in [-0.3, -0.25) is 0 Å². The van der Waals surface area contributed by atoms with Gasteiger partial charge in [0.05, 0.1) is 0 Å². The van der Waals surface area contributed by atoms with Crippen LogP contribution in [-0.2, 0) is 0 Å². The Balaban J connectivity index is 2.30. The SMILES string of the molecule is Cc1cnc(Sc2nccnc2C(=O)O)nc1. The molecule has 2 heterocycles. The predicted octanol–water partition coefficient (Wildman–Crippen LogP) is 1.42. The van der Waals surface area contributed by atoms with Crippen LogP contribution in [0.1, 0.15) is 16.1 Å². The molecule has 0 aliphatic rings. The van der Waals surface area contributed by atoms with E-state index in [9.17, 15) is 4.79 Å². The van der Waals surface area contributed by atoms with Crippen LogP contribution in [0.5, 0.6) is 0 Å². The summed E-state index contributed by atoms with van der Waals surface area (Å²) in [7, 11) is 0. The first-order valence-electron chi connectivity index (χ1n) is 4.67. The standard InChI is InChI=1S/C10H8N4O2S/c1-6-4-13-10(14-5-6)17-8-7(9(15)16)11-2-3-12-8/h2-5H,1H3,(H,15,16). The Morgan fingerprint density at radius 1 is 1.18 bits per heavy atom. The van der Waals surface area contributed by atoms with Crippen molar-refractivity contribution in [2.45, 2.75) is 17.1 Å². The van der Waals surface area contributed by atoms with Gasteiger partial charge in [-0.15, -0.1) is 0 Å². The summed E-state index contributed by atoms with van der Waals surface area (Å²) in [5.74, 6) is -1.12. The highest BCUT2D eigenvalue weighted by molar-refractivity contribution is 7.99. The lowest BCUT2D eigenvalue weighted by Crippen LogP contribution is -2.04. The maximum absolute atomic E-state index is 10.9. The summed E-state index contributed by atoms with van der Waals surface area (Å²) in [5.41, 5.74) is 0.841. The number of nitrogens with zero attached hydrogens (tertiary/aromatic N) is 4. The molecule has 17 heavy (non-hydrogen) atoms. The van der Waals surface area contributed by atoms with Crippen molar-refractivity contribution in [3.05, 3.63) is 36.0 Å². The van der Waals surface area contributed by atoms with Gasteiger partial charge < -0.3 is 5.11 Å². The number of carboxylic acid groups (broad SMARTS) is 1. The highest BCUT2D eigenvalue weighted by Gasteiger charge is 2.14. The molecule has 86 valence electrons. The highest BCUT2D eigenvalue weighted by atomic mass is 32.2. The van der Waals surface area contributed by atoms with E-state index in [0.717, 1.165) is 17.3 Å². The van der Waals surface area contributed by atoms with Crippen molar-refractivity contribution in [3.63, 3.8) is 0 Å². The van der Waals surface area contributed by atoms with Crippen LogP contribution < -0.4 is 0 Å². The number of aromatic carboxylic acids is 1. The molecule has 0 unspecified atom stereocenters. The fourth-order valence-electron chi connectivity index (χ4n) is 1.07. The summed E-state index contributed by atoms with van der Waals surface area (Å²) in [6.45, 7) is 1.87. The molecule has 6 nitrogen and oxygen atoms in total. The smallest absolute Gasteiger partial charge is 0.357 e. The average molecular weight is 248 g/mol. The van der Waals surface area contributed by atoms with Crippen molar-refractivity contribution in [3.8, 4) is 0 Å². The monoisotopic (exact) mass is 248 g/mol. The molecule has 0 saturated heterocycles. The van der Waals surface area contributed by atoms with Crippen molar-refractivity contribution in [2.75, 3.05) is 0 Å². The van der Waals surface area contributed by atoms with Crippen molar-refractivity contribution < 1.29 is 9.90 Å². The molecule has 0 aromatic carbocycles. The Morgan fingerprint density at radius 2 is 1.82 bits per heavy atom. The topological polar surface area (TPSA) is 88.9 Å². The van der Waals surface area contributed by atoms with Gasteiger partial charge in [0, 0.05) is 24.8 Å². The molecular formula is C10H8N4O2S. The fourth-order valence-corrected chi connectivity index (χ4v) is 1.80. The molecular weight excluding hydrogens is 240 g/mol. The molecule has 0 spiro atoms. The molecule has 2 aromatic heterocycles. The average Bonchev–Trinajstić information content (AvgIpc) is 2.32. The van der Waals surface area contributed by atoms with Gasteiger partial charge in [0.15, 0.2) is 10.9 Å². The predicted molar refractivity (Wildman–Crippen MR) is 59.9 cm³/mol. The largest absolute Gasteiger partial charge is 0.476 e. The second-order valence-corrected chi connectivity index (χ2v) is 4.12. The highest BCUT2D eigenvalue weighted by Crippen LogP contribution is 2.24. The van der Waals surface area contributed by atoms with E-state index < -0.39 is 5.97 Å². The van der Waals surface area contributed by atoms with Gasteiger partial charge >= 0.3 is 5.97 Å². The molecule has 0 aliphatic heterocycles. The molecule has 1 N–H and O–H groups in total. The van der Waals surface area contributed by atoms with E-state index in [1.807, 2.05) is 6.92 Å². The lowest BCUT2D eigenvalue weighted by Gasteiger charge is -2.01. The van der Waals surface area contributed by atoms with Crippen molar-refractivity contribution in [1.82, 2.24) is 19.9 Å². The molecule has 7 heteroatoms. The number of rotatable bonds is 3. The molecule has 0 atom stereocenters. The summed E-state index contributed by atoms with van der Waals surface area (Å²) in [6, 6.07) is 0. The third-order valence-corrected chi connectivity index (χ3v) is 2.70. The molecule has 0 radical (unpaired) electrons. The Hall–Kier alpha value is -2.02. The third-order valence-electron chi connectivity index (χ3n) is 1.81. The molecule has 0 aliphatic carbocycles. The van der Waals surface area contributed by atoms with Crippen molar-refractivity contribution >= 4 is 17.7 Å². The Labute approximate surface area is 101 Å². The first kappa shape index (κ1) is 11.5. The van der Waals surface area contributed by atoms with Crippen LogP contribution in [0.2, 0.25) is 0 Å². The van der Waals surface area contributed by atoms with Gasteiger partial charge in [0.25, 0.3) is 0 Å². The van der Waals surface area contributed by atoms with E-state index in [1.54, 1.807) is 12.4 Å². The fraction of sp³-hybridized carbons (Fsp3) is 0.100. The zero-order valence-electron chi connectivity index (χ0n) is 8.86. The van der Waals surface area contributed by atoms with E-state index in [1.165, 1.54) is 12.4 Å². The van der Waals surface area contributed by atoms with E-state index in [4.69, 9.17) is 5.11 Å². The minimum absolute atomic E-state index is 0.0957. The second kappa shape index (κ2) is 4.88. The summed E-state index contributed by atoms with van der Waals surface area (Å²) >= 11 is 1.07. The van der Waals surface area contributed by atoms with Crippen LogP contribution in [0.15, 0.2) is 35.0 Å². The number of hydrogen-bond acceptors (Lipinski definition) is 6. The lowest BCUT2D eigenvalue weighted by molar-refractivity contribution is 0.0685. The maximum atomic E-state index is 10.9. The maximum Gasteiger partial charge on any atom is 0.357 e. The van der Waals surface area contributed by atoms with Gasteiger partial charge in [-0.25, -0.2) is 24.7 Å². The second-order valence-electron chi connectivity index (χ2n) is 3.16. The Morgan fingerprint density at radius 3 is 2.47 bits per heavy atom. The minimum Gasteiger partial charge on any atom is -0.476 e. The number of carbonyl (C=O) groups is 1. The Kier molecular flexibility index (Phi) is 3.29. The minimum atomic E-state index is -1.12. The normalized spacial score (nSPS) is 10.2. The van der Waals surface area contributed by atoms with Crippen LogP contribution in [0.3, 0.4) is 0 Å². The Bertz CT molecular complexity index is 544. The zero-order valence-corrected chi connectivity index (χ0v) is 9.68. The van der Waals surface area contributed by atoms with Gasteiger partial charge in [0.1, 0.15) is 5.03 Å². The van der Waals surface area contributed by atoms with Crippen LogP contribution in [-0.4, -0.2) is 31.0 Å². The number of aromatic nitrogens is 4. The number of aryl methyl sites for hydroxylation is 1. The van der Waals surface area contributed by atoms with Gasteiger partial charge in [-0.1, -0.05) is 0 Å². The van der Waals surface area contributed by atoms with Gasteiger partial charge in [-0.2, -0.15) is 0 Å². The zero-order chi connectivity index (χ0) is 12.3. The van der Waals surface area contributed by atoms with Crippen LogP contribution >= 0.6 is 11.8 Å². The number of carboxylic acids is 1. The van der Waals surface area contributed by atoms with Crippen molar-refractivity contribution in [1.29, 1.82) is 0 Å². The lowest BCUT2D eigenvalue weighted by atomic mass is 10.4. The van der Waals surface area contributed by atoms with E-state index in [0.29, 0.717) is 5.16 Å². The van der Waals surface area contributed by atoms with E-state index in [2.05, 4.69) is 19.9 Å². The van der Waals surface area contributed by atoms with E-state index in [-0.39, 0.29) is 10.7 Å². The van der Waals surface area contributed by atoms with Gasteiger partial charge in [-0.05, 0) is 24.2 Å². The summed E-state index contributed by atoms with van der Waals surface area (Å²) in [6.07, 6.45) is 6.09. The summed E-state index contributed by atoms with van der Waals surface area (Å²) in [4.78, 5) is 26.8. The summed E-state index contributed by atoms with van der Waals surface area (Å²) in [5, 5.41) is 9.66.